The second-order valence-electron chi connectivity index (χ2n) is 10.2. The molecule has 0 aliphatic rings. The fraction of sp³-hybridized carbons (Fsp3) is 0.229. The van der Waals surface area contributed by atoms with Crippen LogP contribution in [0.15, 0.2) is 134 Å². The Morgan fingerprint density at radius 3 is 1.80 bits per heavy atom. The van der Waals surface area contributed by atoms with Crippen LogP contribution in [-0.4, -0.2) is 26.2 Å². The van der Waals surface area contributed by atoms with E-state index in [4.69, 9.17) is 4.74 Å². The minimum absolute atomic E-state index is 0.284. The van der Waals surface area contributed by atoms with Gasteiger partial charge in [-0.15, -0.1) is 0 Å². The van der Waals surface area contributed by atoms with E-state index < -0.39 is 5.97 Å². The average Bonchev–Trinajstić information content (AvgIpc) is 3.06. The molecule has 9 heteroatoms. The van der Waals surface area contributed by atoms with Crippen molar-refractivity contribution >= 4 is 45.8 Å². The number of esters is 1. The third kappa shape index (κ3) is 9.90. The number of hydrogen-bond acceptors (Lipinski definition) is 9. The summed E-state index contributed by atoms with van der Waals surface area (Å²) in [6.07, 6.45) is 4.63. The summed E-state index contributed by atoms with van der Waals surface area (Å²) in [6, 6.07) is 29.0. The summed E-state index contributed by atoms with van der Waals surface area (Å²) < 4.78 is 5.03. The van der Waals surface area contributed by atoms with Gasteiger partial charge in [0.2, 0.25) is 0 Å². The fourth-order valence-corrected chi connectivity index (χ4v) is 4.10. The largest absolute Gasteiger partial charge is 0.461 e. The highest BCUT2D eigenvalue weighted by molar-refractivity contribution is 5.81. The molecule has 4 aromatic carbocycles. The predicted octanol–water partition coefficient (Wildman–Crippen LogP) is 10.7. The van der Waals surface area contributed by atoms with E-state index in [1.54, 1.807) is 0 Å². The number of carbonyl (C=O) groups excluding carboxylic acids is 1. The average molecular weight is 588 g/mol. The number of aryl methyl sites for hydroxylation is 2. The second-order valence-corrected chi connectivity index (χ2v) is 10.2. The van der Waals surface area contributed by atoms with Gasteiger partial charge >= 0.3 is 5.97 Å². The van der Waals surface area contributed by atoms with Crippen LogP contribution in [-0.2, 0) is 16.0 Å². The van der Waals surface area contributed by atoms with E-state index in [0.717, 1.165) is 57.9 Å². The minimum atomic E-state index is -0.426. The molecule has 4 rings (SSSR count). The van der Waals surface area contributed by atoms with Crippen LogP contribution in [0, 0.1) is 6.92 Å². The highest BCUT2D eigenvalue weighted by Gasteiger charge is 2.04. The fourth-order valence-electron chi connectivity index (χ4n) is 4.10. The van der Waals surface area contributed by atoms with Crippen LogP contribution in [0.1, 0.15) is 30.9 Å². The summed E-state index contributed by atoms with van der Waals surface area (Å²) >= 11 is 0. The van der Waals surface area contributed by atoms with Crippen LogP contribution in [0.2, 0.25) is 0 Å². The first-order chi connectivity index (χ1) is 21.4. The lowest BCUT2D eigenvalue weighted by Crippen LogP contribution is -2.23. The zero-order chi connectivity index (χ0) is 31.1. The molecule has 0 bridgehead atoms. The van der Waals surface area contributed by atoms with Gasteiger partial charge in [-0.3, -0.25) is 0 Å². The maximum Gasteiger partial charge on any atom is 0.330 e. The van der Waals surface area contributed by atoms with Gasteiger partial charge in [-0.05, 0) is 110 Å². The molecular formula is C35H37N7O2. The Balaban J connectivity index is 1.29. The number of rotatable bonds is 14. The zero-order valence-corrected chi connectivity index (χ0v) is 25.4. The second kappa shape index (κ2) is 16.4. The standard InChI is InChI=1S/C35H37N7O2/c1-5-7-8-27-9-11-28(12-10-27)36-37-29-13-15-30(16-14-29)39-41-34-22-19-32(25-26(34)3)40-38-31-17-20-33(21-18-31)42(4)23-24-44-35(43)6-2/h6,9-22,25H,2,5,7-8,23-24H2,1,3-4H3. The molecule has 9 nitrogen and oxygen atoms in total. The predicted molar refractivity (Wildman–Crippen MR) is 176 cm³/mol. The van der Waals surface area contributed by atoms with Crippen LogP contribution >= 0.6 is 0 Å². The van der Waals surface area contributed by atoms with E-state index in [2.05, 4.69) is 56.3 Å². The molecule has 0 unspecified atom stereocenters. The number of nitrogens with zero attached hydrogens (tertiary/aromatic N) is 7. The molecule has 44 heavy (non-hydrogen) atoms. The van der Waals surface area contributed by atoms with E-state index in [1.165, 1.54) is 18.4 Å². The Morgan fingerprint density at radius 1 is 0.750 bits per heavy atom. The van der Waals surface area contributed by atoms with Crippen LogP contribution in [0.5, 0.6) is 0 Å². The first kappa shape index (κ1) is 31.6. The van der Waals surface area contributed by atoms with Crippen LogP contribution < -0.4 is 4.90 Å². The molecule has 0 aliphatic carbocycles. The van der Waals surface area contributed by atoms with Crippen molar-refractivity contribution in [2.45, 2.75) is 33.1 Å². The summed E-state index contributed by atoms with van der Waals surface area (Å²) in [5.41, 5.74) is 7.73. The Bertz CT molecular complexity index is 1610. The normalized spacial score (nSPS) is 11.4. The molecule has 0 aromatic heterocycles. The molecule has 0 spiro atoms. The highest BCUT2D eigenvalue weighted by Crippen LogP contribution is 2.29. The van der Waals surface area contributed by atoms with Crippen LogP contribution in [0.4, 0.5) is 39.8 Å². The smallest absolute Gasteiger partial charge is 0.330 e. The molecule has 0 amide bonds. The van der Waals surface area contributed by atoms with Gasteiger partial charge in [0.25, 0.3) is 0 Å². The van der Waals surface area contributed by atoms with Crippen molar-refractivity contribution in [2.24, 2.45) is 30.7 Å². The van der Waals surface area contributed by atoms with Crippen molar-refractivity contribution in [1.82, 2.24) is 0 Å². The zero-order valence-electron chi connectivity index (χ0n) is 25.4. The quantitative estimate of drug-likeness (QED) is 0.0832. The highest BCUT2D eigenvalue weighted by atomic mass is 16.5. The van der Waals surface area contributed by atoms with Gasteiger partial charge in [0.1, 0.15) is 6.61 Å². The summed E-state index contributed by atoms with van der Waals surface area (Å²) in [7, 11) is 1.93. The Kier molecular flexibility index (Phi) is 11.8. The molecule has 0 saturated heterocycles. The molecule has 4 aromatic rings. The Labute approximate surface area is 258 Å². The summed E-state index contributed by atoms with van der Waals surface area (Å²) in [4.78, 5) is 13.2. The number of hydrogen-bond donors (Lipinski definition) is 0. The van der Waals surface area contributed by atoms with Gasteiger partial charge in [-0.25, -0.2) is 4.79 Å². The van der Waals surface area contributed by atoms with Crippen molar-refractivity contribution in [3.8, 4) is 0 Å². The first-order valence-corrected chi connectivity index (χ1v) is 14.6. The monoisotopic (exact) mass is 587 g/mol. The number of benzene rings is 4. The van der Waals surface area contributed by atoms with Crippen LogP contribution in [0.3, 0.4) is 0 Å². The minimum Gasteiger partial charge on any atom is -0.461 e. The van der Waals surface area contributed by atoms with Crippen molar-refractivity contribution < 1.29 is 9.53 Å². The summed E-state index contributed by atoms with van der Waals surface area (Å²) in [5, 5.41) is 26.2. The number of likely N-dealkylation sites (N-methyl/N-ethyl adjacent to an activating group) is 1. The lowest BCUT2D eigenvalue weighted by atomic mass is 10.1. The topological polar surface area (TPSA) is 104 Å². The lowest BCUT2D eigenvalue weighted by molar-refractivity contribution is -0.137. The van der Waals surface area contributed by atoms with Crippen molar-refractivity contribution in [1.29, 1.82) is 0 Å². The number of unbranched alkanes of at least 4 members (excludes halogenated alkanes) is 1. The van der Waals surface area contributed by atoms with E-state index in [0.29, 0.717) is 6.54 Å². The molecule has 0 heterocycles. The SMILES string of the molecule is C=CC(=O)OCCN(C)c1ccc(N=Nc2ccc(N=Nc3ccc(N=Nc4ccc(CCCC)cc4)cc3)c(C)c2)cc1. The molecule has 0 saturated carbocycles. The molecule has 224 valence electrons. The number of ether oxygens (including phenoxy) is 1. The van der Waals surface area contributed by atoms with E-state index in [9.17, 15) is 4.79 Å². The summed E-state index contributed by atoms with van der Waals surface area (Å²) in [6.45, 7) is 8.40. The van der Waals surface area contributed by atoms with Gasteiger partial charge in [-0.1, -0.05) is 32.1 Å². The number of carbonyl (C=O) groups is 1. The van der Waals surface area contributed by atoms with E-state index in [-0.39, 0.29) is 6.61 Å². The van der Waals surface area contributed by atoms with Gasteiger partial charge in [0.05, 0.1) is 40.7 Å². The van der Waals surface area contributed by atoms with Crippen molar-refractivity contribution in [2.75, 3.05) is 25.1 Å². The van der Waals surface area contributed by atoms with Crippen molar-refractivity contribution in [3.05, 3.63) is 115 Å². The summed E-state index contributed by atoms with van der Waals surface area (Å²) in [5.74, 6) is -0.426. The third-order valence-corrected chi connectivity index (χ3v) is 6.75. The first-order valence-electron chi connectivity index (χ1n) is 14.6. The molecule has 0 aliphatic heterocycles. The van der Waals surface area contributed by atoms with Gasteiger partial charge in [-0.2, -0.15) is 30.7 Å². The molecule has 0 fully saturated rings. The maximum atomic E-state index is 11.2. The van der Waals surface area contributed by atoms with Crippen LogP contribution in [0.25, 0.3) is 0 Å². The Morgan fingerprint density at radius 2 is 1.25 bits per heavy atom. The van der Waals surface area contributed by atoms with Gasteiger partial charge in [0.15, 0.2) is 0 Å². The molecule has 0 radical (unpaired) electrons. The Hall–Kier alpha value is -5.31. The van der Waals surface area contributed by atoms with E-state index in [1.807, 2.05) is 97.7 Å². The van der Waals surface area contributed by atoms with Gasteiger partial charge in [0, 0.05) is 18.8 Å². The van der Waals surface area contributed by atoms with Crippen molar-refractivity contribution in [3.63, 3.8) is 0 Å². The number of azo groups is 3. The lowest BCUT2D eigenvalue weighted by Gasteiger charge is -2.18. The van der Waals surface area contributed by atoms with Gasteiger partial charge < -0.3 is 9.64 Å². The molecule has 0 atom stereocenters. The molecular weight excluding hydrogens is 550 g/mol. The maximum absolute atomic E-state index is 11.2. The third-order valence-electron chi connectivity index (χ3n) is 6.75. The van der Waals surface area contributed by atoms with E-state index >= 15 is 0 Å². The number of anilines is 1. The molecule has 0 N–H and O–H groups in total.